The molecule has 0 atom stereocenters. The Morgan fingerprint density at radius 3 is 2.92 bits per heavy atom. The zero-order chi connectivity index (χ0) is 9.14. The third-order valence-electron chi connectivity index (χ3n) is 1.18. The number of hydrogen-bond donors (Lipinski definition) is 0. The summed E-state index contributed by atoms with van der Waals surface area (Å²) < 4.78 is 2.27. The zero-order valence-corrected chi connectivity index (χ0v) is 9.09. The van der Waals surface area contributed by atoms with Crippen LogP contribution in [0, 0.1) is 12.3 Å². The van der Waals surface area contributed by atoms with Crippen LogP contribution in [0.1, 0.15) is 0 Å². The molecule has 0 aliphatic heterocycles. The molecule has 1 aromatic rings. The van der Waals surface area contributed by atoms with Crippen LogP contribution >= 0.6 is 31.9 Å². The predicted octanol–water partition coefficient (Wildman–Crippen LogP) is 1.40. The van der Waals surface area contributed by atoms with Crippen LogP contribution < -0.4 is 5.56 Å². The van der Waals surface area contributed by atoms with E-state index in [-0.39, 0.29) is 12.1 Å². The van der Waals surface area contributed by atoms with E-state index in [9.17, 15) is 4.79 Å². The van der Waals surface area contributed by atoms with Gasteiger partial charge in [0.15, 0.2) is 0 Å². The summed E-state index contributed by atoms with van der Waals surface area (Å²) in [6, 6.07) is 0. The highest BCUT2D eigenvalue weighted by molar-refractivity contribution is 9.13. The SMILES string of the molecule is C#CCn1ncc(Br)c(Br)c1=O. The Morgan fingerprint density at radius 1 is 1.67 bits per heavy atom. The average molecular weight is 292 g/mol. The number of hydrogen-bond acceptors (Lipinski definition) is 2. The predicted molar refractivity (Wildman–Crippen MR) is 52.7 cm³/mol. The summed E-state index contributed by atoms with van der Waals surface area (Å²) in [5.41, 5.74) is -0.234. The van der Waals surface area contributed by atoms with Crippen molar-refractivity contribution in [1.29, 1.82) is 0 Å². The van der Waals surface area contributed by atoms with Crippen LogP contribution in [0.5, 0.6) is 0 Å². The maximum atomic E-state index is 11.3. The monoisotopic (exact) mass is 290 g/mol. The molecule has 0 radical (unpaired) electrons. The summed E-state index contributed by atoms with van der Waals surface area (Å²) in [5.74, 6) is 2.34. The summed E-state index contributed by atoms with van der Waals surface area (Å²) in [6.45, 7) is 0.185. The largest absolute Gasteiger partial charge is 0.283 e. The van der Waals surface area contributed by atoms with Gasteiger partial charge >= 0.3 is 0 Å². The summed E-state index contributed by atoms with van der Waals surface area (Å²) in [4.78, 5) is 11.3. The van der Waals surface area contributed by atoms with Crippen molar-refractivity contribution in [3.63, 3.8) is 0 Å². The Labute approximate surface area is 86.0 Å². The number of aromatic nitrogens is 2. The van der Waals surface area contributed by atoms with Gasteiger partial charge in [0.25, 0.3) is 5.56 Å². The fraction of sp³-hybridized carbons (Fsp3) is 0.143. The van der Waals surface area contributed by atoms with Crippen molar-refractivity contribution in [3.05, 3.63) is 25.5 Å². The van der Waals surface area contributed by atoms with E-state index in [2.05, 4.69) is 42.9 Å². The normalized spacial score (nSPS) is 9.42. The lowest BCUT2D eigenvalue weighted by atomic mass is 10.5. The van der Waals surface area contributed by atoms with Gasteiger partial charge in [-0.15, -0.1) is 6.42 Å². The molecule has 1 rings (SSSR count). The van der Waals surface area contributed by atoms with Gasteiger partial charge in [-0.25, -0.2) is 4.68 Å². The van der Waals surface area contributed by atoms with Crippen LogP contribution in [0.4, 0.5) is 0 Å². The topological polar surface area (TPSA) is 34.9 Å². The number of terminal acetylenes is 1. The first kappa shape index (κ1) is 9.49. The van der Waals surface area contributed by atoms with Crippen molar-refractivity contribution in [2.45, 2.75) is 6.54 Å². The Morgan fingerprint density at radius 2 is 2.33 bits per heavy atom. The molecule has 12 heavy (non-hydrogen) atoms. The number of rotatable bonds is 1. The Bertz CT molecular complexity index is 391. The Hall–Kier alpha value is -0.600. The van der Waals surface area contributed by atoms with E-state index >= 15 is 0 Å². The molecule has 0 aliphatic carbocycles. The first-order valence-electron chi connectivity index (χ1n) is 3.01. The lowest BCUT2D eigenvalue weighted by Crippen LogP contribution is -2.22. The van der Waals surface area contributed by atoms with E-state index < -0.39 is 0 Å². The fourth-order valence-electron chi connectivity index (χ4n) is 0.644. The van der Waals surface area contributed by atoms with Crippen molar-refractivity contribution < 1.29 is 0 Å². The number of halogens is 2. The highest BCUT2D eigenvalue weighted by atomic mass is 79.9. The van der Waals surface area contributed by atoms with Crippen molar-refractivity contribution in [1.82, 2.24) is 9.78 Å². The molecular weight excluding hydrogens is 288 g/mol. The van der Waals surface area contributed by atoms with Gasteiger partial charge < -0.3 is 0 Å². The molecule has 0 saturated heterocycles. The second-order valence-corrected chi connectivity index (χ2v) is 3.62. The zero-order valence-electron chi connectivity index (χ0n) is 5.92. The molecule has 1 aromatic heterocycles. The molecular formula is C7H4Br2N2O. The summed E-state index contributed by atoms with van der Waals surface area (Å²) >= 11 is 6.27. The Balaban J connectivity index is 3.29. The van der Waals surface area contributed by atoms with E-state index in [1.165, 1.54) is 10.9 Å². The van der Waals surface area contributed by atoms with Crippen molar-refractivity contribution in [2.75, 3.05) is 0 Å². The van der Waals surface area contributed by atoms with E-state index in [4.69, 9.17) is 6.42 Å². The van der Waals surface area contributed by atoms with Gasteiger partial charge in [0.1, 0.15) is 11.0 Å². The van der Waals surface area contributed by atoms with E-state index in [1.54, 1.807) is 0 Å². The van der Waals surface area contributed by atoms with Crippen LogP contribution in [0.25, 0.3) is 0 Å². The van der Waals surface area contributed by atoms with Gasteiger partial charge in [0.2, 0.25) is 0 Å². The highest BCUT2D eigenvalue weighted by Gasteiger charge is 2.04. The van der Waals surface area contributed by atoms with Gasteiger partial charge in [0, 0.05) is 0 Å². The first-order chi connectivity index (χ1) is 5.66. The van der Waals surface area contributed by atoms with Gasteiger partial charge in [-0.1, -0.05) is 5.92 Å². The standard InChI is InChI=1S/C7H4Br2N2O/c1-2-3-11-7(12)6(9)5(8)4-10-11/h1,4H,3H2. The molecule has 3 nitrogen and oxygen atoms in total. The second kappa shape index (κ2) is 3.87. The maximum Gasteiger partial charge on any atom is 0.283 e. The molecule has 5 heteroatoms. The molecule has 0 N–H and O–H groups in total. The minimum absolute atomic E-state index is 0.185. The van der Waals surface area contributed by atoms with Gasteiger partial charge in [-0.3, -0.25) is 4.79 Å². The lowest BCUT2D eigenvalue weighted by molar-refractivity contribution is 0.656. The minimum atomic E-state index is -0.234. The average Bonchev–Trinajstić information content (AvgIpc) is 2.07. The van der Waals surface area contributed by atoms with Crippen molar-refractivity contribution in [2.24, 2.45) is 0 Å². The van der Waals surface area contributed by atoms with Crippen molar-refractivity contribution >= 4 is 31.9 Å². The highest BCUT2D eigenvalue weighted by Crippen LogP contribution is 2.16. The summed E-state index contributed by atoms with van der Waals surface area (Å²) in [6.07, 6.45) is 6.56. The molecule has 0 aromatic carbocycles. The van der Waals surface area contributed by atoms with Crippen LogP contribution in [0.2, 0.25) is 0 Å². The van der Waals surface area contributed by atoms with Crippen LogP contribution in [-0.2, 0) is 6.54 Å². The molecule has 0 fully saturated rings. The third kappa shape index (κ3) is 1.76. The summed E-state index contributed by atoms with van der Waals surface area (Å²) in [5, 5.41) is 3.81. The summed E-state index contributed by atoms with van der Waals surface area (Å²) in [7, 11) is 0. The maximum absolute atomic E-state index is 11.3. The molecule has 0 aliphatic rings. The molecule has 0 amide bonds. The molecule has 1 heterocycles. The quantitative estimate of drug-likeness (QED) is 0.733. The molecule has 0 saturated carbocycles. The Kier molecular flexibility index (Phi) is 3.06. The second-order valence-electron chi connectivity index (χ2n) is 1.97. The van der Waals surface area contributed by atoms with E-state index in [0.29, 0.717) is 8.95 Å². The minimum Gasteiger partial charge on any atom is -0.266 e. The van der Waals surface area contributed by atoms with Crippen LogP contribution in [-0.4, -0.2) is 9.78 Å². The smallest absolute Gasteiger partial charge is 0.266 e. The fourth-order valence-corrected chi connectivity index (χ4v) is 1.21. The third-order valence-corrected chi connectivity index (χ3v) is 3.08. The molecule has 0 bridgehead atoms. The number of nitrogens with zero attached hydrogens (tertiary/aromatic N) is 2. The lowest BCUT2D eigenvalue weighted by Gasteiger charge is -2.00. The van der Waals surface area contributed by atoms with Gasteiger partial charge in [-0.05, 0) is 31.9 Å². The van der Waals surface area contributed by atoms with E-state index in [0.717, 1.165) is 0 Å². The van der Waals surface area contributed by atoms with Gasteiger partial charge in [0.05, 0.1) is 10.7 Å². The van der Waals surface area contributed by atoms with Gasteiger partial charge in [-0.2, -0.15) is 5.10 Å². The van der Waals surface area contributed by atoms with Crippen molar-refractivity contribution in [3.8, 4) is 12.3 Å². The van der Waals surface area contributed by atoms with Crippen LogP contribution in [0.15, 0.2) is 19.9 Å². The first-order valence-corrected chi connectivity index (χ1v) is 4.60. The molecule has 62 valence electrons. The molecule has 0 unspecified atom stereocenters. The van der Waals surface area contributed by atoms with E-state index in [1.807, 2.05) is 0 Å². The molecule has 0 spiro atoms. The van der Waals surface area contributed by atoms with Crippen LogP contribution in [0.3, 0.4) is 0 Å².